The Kier molecular flexibility index (Phi) is 10.2. The van der Waals surface area contributed by atoms with E-state index in [4.69, 9.17) is 4.74 Å². The summed E-state index contributed by atoms with van der Waals surface area (Å²) in [6.07, 6.45) is 9.88. The van der Waals surface area contributed by atoms with Gasteiger partial charge in [-0.3, -0.25) is 14.4 Å². The molecule has 1 saturated heterocycles. The van der Waals surface area contributed by atoms with Crippen molar-refractivity contribution >= 4 is 23.8 Å². The van der Waals surface area contributed by atoms with E-state index in [1.165, 1.54) is 11.1 Å². The molecule has 9 heteroatoms. The molecule has 4 atom stereocenters. The molecule has 0 spiro atoms. The van der Waals surface area contributed by atoms with Gasteiger partial charge in [-0.1, -0.05) is 50.5 Å². The Morgan fingerprint density at radius 3 is 2.41 bits per heavy atom. The Morgan fingerprint density at radius 2 is 1.70 bits per heavy atom. The Labute approximate surface area is 262 Å². The molecule has 9 nitrogen and oxygen atoms in total. The molecule has 1 aromatic rings. The van der Waals surface area contributed by atoms with Crippen LogP contribution < -0.4 is 10.6 Å². The summed E-state index contributed by atoms with van der Waals surface area (Å²) in [6, 6.07) is 7.53. The van der Waals surface area contributed by atoms with Crippen molar-refractivity contribution in [3.05, 3.63) is 35.4 Å². The molecule has 4 amide bonds. The van der Waals surface area contributed by atoms with Gasteiger partial charge in [-0.2, -0.15) is 0 Å². The standard InChI is InChI=1S/C35H52N4O5/c1-23(31(40)36-29-16-10-14-24-11-8-9-15-28(24)29)21-39(32(41)26-17-18-26)27-19-20-38(22-27)33(42)30(25-12-6-5-7-13-25)37-34(43)44-35(2,3)4/h8-9,11,15,23,25-27,29-30H,5-7,10,12-14,16-22H2,1-4H3,(H,36,40)(H,37,43). The van der Waals surface area contributed by atoms with Crippen LogP contribution in [0.25, 0.3) is 0 Å². The molecule has 1 heterocycles. The number of hydrogen-bond donors (Lipinski definition) is 2. The molecule has 0 bridgehead atoms. The number of aryl methyl sites for hydroxylation is 1. The SMILES string of the molecule is CC(CN(C(=O)C1CC1)C1CCN(C(=O)C(NC(=O)OC(C)(C)C)C2CCCCC2)C1)C(=O)NC1CCCc2ccccc21. The summed E-state index contributed by atoms with van der Waals surface area (Å²) in [4.78, 5) is 57.5. The smallest absolute Gasteiger partial charge is 0.408 e. The molecular weight excluding hydrogens is 556 g/mol. The first kappa shape index (κ1) is 32.3. The Hall–Kier alpha value is -3.10. The fourth-order valence-corrected chi connectivity index (χ4v) is 7.26. The van der Waals surface area contributed by atoms with E-state index < -0.39 is 17.7 Å². The van der Waals surface area contributed by atoms with E-state index in [2.05, 4.69) is 22.8 Å². The number of ether oxygens (including phenoxy) is 1. The number of fused-ring (bicyclic) bond motifs is 1. The van der Waals surface area contributed by atoms with Crippen LogP contribution in [0.5, 0.6) is 0 Å². The normalized spacial score (nSPS) is 23.7. The second kappa shape index (κ2) is 13.9. The van der Waals surface area contributed by atoms with Crippen molar-refractivity contribution in [2.75, 3.05) is 19.6 Å². The summed E-state index contributed by atoms with van der Waals surface area (Å²) >= 11 is 0. The van der Waals surface area contributed by atoms with Gasteiger partial charge in [-0.15, -0.1) is 0 Å². The number of alkyl carbamates (subject to hydrolysis) is 1. The summed E-state index contributed by atoms with van der Waals surface area (Å²) in [5.74, 6) is -0.316. The number of nitrogens with zero attached hydrogens (tertiary/aromatic N) is 2. The molecule has 4 unspecified atom stereocenters. The molecule has 242 valence electrons. The summed E-state index contributed by atoms with van der Waals surface area (Å²) in [6.45, 7) is 8.63. The van der Waals surface area contributed by atoms with Gasteiger partial charge in [0.05, 0.1) is 18.0 Å². The molecule has 44 heavy (non-hydrogen) atoms. The molecule has 2 saturated carbocycles. The number of carbonyl (C=O) groups is 4. The second-order valence-electron chi connectivity index (χ2n) is 14.6. The van der Waals surface area contributed by atoms with Crippen LogP contribution in [-0.4, -0.2) is 70.9 Å². The van der Waals surface area contributed by atoms with Crippen LogP contribution in [-0.2, 0) is 25.5 Å². The van der Waals surface area contributed by atoms with Gasteiger partial charge in [-0.25, -0.2) is 4.79 Å². The lowest BCUT2D eigenvalue weighted by molar-refractivity contribution is -0.139. The summed E-state index contributed by atoms with van der Waals surface area (Å²) in [5.41, 5.74) is 1.84. The van der Waals surface area contributed by atoms with E-state index in [1.807, 2.05) is 49.6 Å². The zero-order valence-electron chi connectivity index (χ0n) is 27.1. The molecule has 5 rings (SSSR count). The summed E-state index contributed by atoms with van der Waals surface area (Å²) in [5, 5.41) is 6.20. The third kappa shape index (κ3) is 8.13. The predicted molar refractivity (Wildman–Crippen MR) is 169 cm³/mol. The minimum absolute atomic E-state index is 0.00345. The van der Waals surface area contributed by atoms with Crippen molar-refractivity contribution in [2.45, 2.75) is 122 Å². The average molecular weight is 609 g/mol. The van der Waals surface area contributed by atoms with Crippen LogP contribution in [0.3, 0.4) is 0 Å². The lowest BCUT2D eigenvalue weighted by atomic mass is 9.83. The maximum atomic E-state index is 14.0. The van der Waals surface area contributed by atoms with E-state index >= 15 is 0 Å². The van der Waals surface area contributed by atoms with Gasteiger partial charge in [-0.05, 0) is 89.2 Å². The van der Waals surface area contributed by atoms with Crippen LogP contribution in [0, 0.1) is 17.8 Å². The van der Waals surface area contributed by atoms with Crippen LogP contribution in [0.4, 0.5) is 4.79 Å². The highest BCUT2D eigenvalue weighted by Gasteiger charge is 2.43. The predicted octanol–water partition coefficient (Wildman–Crippen LogP) is 5.13. The van der Waals surface area contributed by atoms with Crippen molar-refractivity contribution in [3.63, 3.8) is 0 Å². The largest absolute Gasteiger partial charge is 0.444 e. The number of carbonyl (C=O) groups excluding carboxylic acids is 4. The molecule has 1 aromatic carbocycles. The van der Waals surface area contributed by atoms with Gasteiger partial charge in [0, 0.05) is 25.6 Å². The zero-order chi connectivity index (χ0) is 31.4. The molecule has 1 aliphatic heterocycles. The van der Waals surface area contributed by atoms with Crippen LogP contribution in [0.1, 0.15) is 109 Å². The van der Waals surface area contributed by atoms with E-state index in [9.17, 15) is 19.2 Å². The zero-order valence-corrected chi connectivity index (χ0v) is 27.1. The van der Waals surface area contributed by atoms with E-state index in [0.29, 0.717) is 26.1 Å². The minimum atomic E-state index is -0.657. The van der Waals surface area contributed by atoms with Gasteiger partial charge < -0.3 is 25.2 Å². The number of amides is 4. The topological polar surface area (TPSA) is 108 Å². The maximum Gasteiger partial charge on any atom is 0.408 e. The van der Waals surface area contributed by atoms with Crippen LogP contribution in [0.15, 0.2) is 24.3 Å². The highest BCUT2D eigenvalue weighted by molar-refractivity contribution is 5.87. The number of likely N-dealkylation sites (tertiary alicyclic amines) is 1. The molecule has 4 aliphatic rings. The molecule has 0 radical (unpaired) electrons. The monoisotopic (exact) mass is 608 g/mol. The van der Waals surface area contributed by atoms with E-state index in [1.54, 1.807) is 0 Å². The van der Waals surface area contributed by atoms with Gasteiger partial charge in [0.15, 0.2) is 0 Å². The summed E-state index contributed by atoms with van der Waals surface area (Å²) < 4.78 is 5.52. The molecule has 2 N–H and O–H groups in total. The van der Waals surface area contributed by atoms with E-state index in [-0.39, 0.29) is 47.6 Å². The van der Waals surface area contributed by atoms with Crippen molar-refractivity contribution in [1.82, 2.24) is 20.4 Å². The lowest BCUT2D eigenvalue weighted by Crippen LogP contribution is -2.54. The van der Waals surface area contributed by atoms with E-state index in [0.717, 1.165) is 64.2 Å². The third-order valence-electron chi connectivity index (χ3n) is 9.79. The number of rotatable bonds is 9. The van der Waals surface area contributed by atoms with Crippen molar-refractivity contribution < 1.29 is 23.9 Å². The Morgan fingerprint density at radius 1 is 0.977 bits per heavy atom. The molecular formula is C35H52N4O5. The average Bonchev–Trinajstić information content (AvgIpc) is 3.74. The maximum absolute atomic E-state index is 14.0. The van der Waals surface area contributed by atoms with Crippen LogP contribution >= 0.6 is 0 Å². The Balaban J connectivity index is 1.24. The lowest BCUT2D eigenvalue weighted by Gasteiger charge is -2.34. The molecule has 3 aliphatic carbocycles. The fourth-order valence-electron chi connectivity index (χ4n) is 7.26. The highest BCUT2D eigenvalue weighted by Crippen LogP contribution is 2.34. The quantitative estimate of drug-likeness (QED) is 0.404. The second-order valence-corrected chi connectivity index (χ2v) is 14.6. The number of hydrogen-bond acceptors (Lipinski definition) is 5. The number of benzene rings is 1. The number of nitrogens with one attached hydrogen (secondary N) is 2. The van der Waals surface area contributed by atoms with Gasteiger partial charge in [0.1, 0.15) is 11.6 Å². The first-order chi connectivity index (χ1) is 21.0. The van der Waals surface area contributed by atoms with Crippen molar-refractivity contribution in [3.8, 4) is 0 Å². The highest BCUT2D eigenvalue weighted by atomic mass is 16.6. The van der Waals surface area contributed by atoms with Crippen molar-refractivity contribution in [2.24, 2.45) is 17.8 Å². The van der Waals surface area contributed by atoms with Crippen molar-refractivity contribution in [1.29, 1.82) is 0 Å². The third-order valence-corrected chi connectivity index (χ3v) is 9.79. The van der Waals surface area contributed by atoms with Gasteiger partial charge in [0.2, 0.25) is 17.7 Å². The van der Waals surface area contributed by atoms with Gasteiger partial charge >= 0.3 is 6.09 Å². The van der Waals surface area contributed by atoms with Gasteiger partial charge in [0.25, 0.3) is 0 Å². The Bertz CT molecular complexity index is 1200. The summed E-state index contributed by atoms with van der Waals surface area (Å²) in [7, 11) is 0. The minimum Gasteiger partial charge on any atom is -0.444 e. The molecule has 3 fully saturated rings. The first-order valence-electron chi connectivity index (χ1n) is 17.0. The fraction of sp³-hybridized carbons (Fsp3) is 0.714. The molecule has 0 aromatic heterocycles. The van der Waals surface area contributed by atoms with Crippen LogP contribution in [0.2, 0.25) is 0 Å². The first-order valence-corrected chi connectivity index (χ1v) is 17.0.